The van der Waals surface area contributed by atoms with Gasteiger partial charge in [-0.25, -0.2) is 0 Å². The lowest BCUT2D eigenvalue weighted by Gasteiger charge is -2.12. The highest BCUT2D eigenvalue weighted by Gasteiger charge is 2.30. The Morgan fingerprint density at radius 1 is 0.606 bits per heavy atom. The van der Waals surface area contributed by atoms with Gasteiger partial charge in [0.15, 0.2) is 34.5 Å². The first kappa shape index (κ1) is 19.5. The fourth-order valence-electron chi connectivity index (χ4n) is 4.82. The third-order valence-corrected chi connectivity index (χ3v) is 6.22. The number of methoxy groups -OCH3 is 5. The Labute approximate surface area is 188 Å². The number of hydrogen-bond acceptors (Lipinski definition) is 7. The van der Waals surface area contributed by atoms with Gasteiger partial charge in [-0.3, -0.25) is 0 Å². The van der Waals surface area contributed by atoms with Crippen LogP contribution in [-0.2, 0) is 0 Å². The van der Waals surface area contributed by atoms with E-state index >= 15 is 0 Å². The summed E-state index contributed by atoms with van der Waals surface area (Å²) in [6.07, 6.45) is 0. The second-order valence-corrected chi connectivity index (χ2v) is 7.64. The van der Waals surface area contributed by atoms with Crippen molar-refractivity contribution >= 4 is 43.6 Å². The second kappa shape index (κ2) is 6.93. The molecular formula is C24H22N2O7. The summed E-state index contributed by atoms with van der Waals surface area (Å²) < 4.78 is 39.9. The minimum absolute atomic E-state index is 0.126. The number of H-pyrrole nitrogens is 2. The predicted molar refractivity (Wildman–Crippen MR) is 124 cm³/mol. The van der Waals surface area contributed by atoms with Crippen molar-refractivity contribution < 1.29 is 33.2 Å². The first-order valence-electron chi connectivity index (χ1n) is 10.3. The van der Waals surface area contributed by atoms with Gasteiger partial charge in [0.2, 0.25) is 12.5 Å². The number of hydrogen-bond donors (Lipinski definition) is 2. The van der Waals surface area contributed by atoms with Crippen molar-refractivity contribution in [3.05, 3.63) is 18.2 Å². The van der Waals surface area contributed by atoms with Crippen LogP contribution >= 0.6 is 0 Å². The van der Waals surface area contributed by atoms with Crippen molar-refractivity contribution in [1.29, 1.82) is 0 Å². The highest BCUT2D eigenvalue weighted by atomic mass is 16.7. The molecule has 0 bridgehead atoms. The fourth-order valence-corrected chi connectivity index (χ4v) is 4.82. The monoisotopic (exact) mass is 450 g/mol. The molecule has 6 rings (SSSR count). The van der Waals surface area contributed by atoms with E-state index in [1.807, 2.05) is 18.2 Å². The standard InChI is InChI=1S/C24H22N2O7/c1-27-13-6-10-12(8-14(13)28-2)25-19-16(10)22-23(33-9-32-22)17-11-7-15(29-3)21(30-4)24(31-5)18(11)26-20(17)19/h6-8,25-26H,9H2,1-5H3. The molecule has 1 aliphatic rings. The summed E-state index contributed by atoms with van der Waals surface area (Å²) in [6, 6.07) is 5.77. The Morgan fingerprint density at radius 3 is 1.82 bits per heavy atom. The fraction of sp³-hybridized carbons (Fsp3) is 0.250. The van der Waals surface area contributed by atoms with Gasteiger partial charge in [-0.1, -0.05) is 0 Å². The van der Waals surface area contributed by atoms with Crippen LogP contribution in [0.3, 0.4) is 0 Å². The van der Waals surface area contributed by atoms with Gasteiger partial charge in [-0.05, 0) is 12.1 Å². The predicted octanol–water partition coefficient (Wildman–Crippen LogP) is 4.73. The van der Waals surface area contributed by atoms with Crippen LogP contribution in [0.15, 0.2) is 18.2 Å². The van der Waals surface area contributed by atoms with Crippen molar-refractivity contribution in [3.63, 3.8) is 0 Å². The molecule has 9 heteroatoms. The molecule has 0 radical (unpaired) electrons. The van der Waals surface area contributed by atoms with Gasteiger partial charge in [0.05, 0.1) is 68.4 Å². The largest absolute Gasteiger partial charge is 0.493 e. The summed E-state index contributed by atoms with van der Waals surface area (Å²) in [7, 11) is 8.01. The molecule has 0 fully saturated rings. The van der Waals surface area contributed by atoms with Crippen LogP contribution in [0.2, 0.25) is 0 Å². The smallest absolute Gasteiger partial charge is 0.231 e. The summed E-state index contributed by atoms with van der Waals surface area (Å²) >= 11 is 0. The van der Waals surface area contributed by atoms with E-state index in [4.69, 9.17) is 33.2 Å². The van der Waals surface area contributed by atoms with Crippen molar-refractivity contribution in [3.8, 4) is 40.2 Å². The normalized spacial score (nSPS) is 12.8. The lowest BCUT2D eigenvalue weighted by molar-refractivity contribution is 0.176. The molecule has 2 aromatic heterocycles. The minimum Gasteiger partial charge on any atom is -0.493 e. The molecule has 0 spiro atoms. The molecule has 0 saturated carbocycles. The maximum atomic E-state index is 5.98. The highest BCUT2D eigenvalue weighted by molar-refractivity contribution is 6.27. The van der Waals surface area contributed by atoms with Crippen LogP contribution < -0.4 is 33.2 Å². The molecule has 0 aliphatic carbocycles. The Bertz CT molecular complexity index is 1580. The maximum Gasteiger partial charge on any atom is 0.231 e. The number of ether oxygens (including phenoxy) is 7. The van der Waals surface area contributed by atoms with Gasteiger partial charge in [-0.2, -0.15) is 0 Å². The topological polar surface area (TPSA) is 96.2 Å². The minimum atomic E-state index is 0.126. The number of nitrogens with one attached hydrogen (secondary N) is 2. The zero-order valence-corrected chi connectivity index (χ0v) is 18.8. The quantitative estimate of drug-likeness (QED) is 0.400. The lowest BCUT2D eigenvalue weighted by Crippen LogP contribution is -1.95. The summed E-state index contributed by atoms with van der Waals surface area (Å²) in [5, 5.41) is 3.58. The van der Waals surface area contributed by atoms with Gasteiger partial charge >= 0.3 is 0 Å². The third kappa shape index (κ3) is 2.41. The Morgan fingerprint density at radius 2 is 1.18 bits per heavy atom. The molecule has 2 N–H and O–H groups in total. The number of fused-ring (bicyclic) bond motifs is 10. The van der Waals surface area contributed by atoms with Gasteiger partial charge < -0.3 is 43.1 Å². The summed E-state index contributed by atoms with van der Waals surface area (Å²) in [5.41, 5.74) is 3.38. The van der Waals surface area contributed by atoms with E-state index in [0.29, 0.717) is 40.2 Å². The number of benzene rings is 3. The van der Waals surface area contributed by atoms with Gasteiger partial charge in [0, 0.05) is 16.8 Å². The second-order valence-electron chi connectivity index (χ2n) is 7.64. The van der Waals surface area contributed by atoms with Crippen LogP contribution in [-0.4, -0.2) is 52.3 Å². The first-order chi connectivity index (χ1) is 16.1. The Hall–Kier alpha value is -4.14. The van der Waals surface area contributed by atoms with Crippen LogP contribution in [0.4, 0.5) is 0 Å². The third-order valence-electron chi connectivity index (χ3n) is 6.22. The van der Waals surface area contributed by atoms with Crippen LogP contribution in [0.1, 0.15) is 0 Å². The highest BCUT2D eigenvalue weighted by Crippen LogP contribution is 2.54. The molecule has 0 atom stereocenters. The van der Waals surface area contributed by atoms with E-state index in [9.17, 15) is 0 Å². The average Bonchev–Trinajstić information content (AvgIpc) is 3.55. The summed E-state index contributed by atoms with van der Waals surface area (Å²) in [6.45, 7) is 0.126. The van der Waals surface area contributed by atoms with Crippen molar-refractivity contribution in [2.45, 2.75) is 0 Å². The van der Waals surface area contributed by atoms with Gasteiger partial charge in [-0.15, -0.1) is 0 Å². The number of rotatable bonds is 5. The molecule has 3 heterocycles. The number of aromatic nitrogens is 2. The summed E-state index contributed by atoms with van der Waals surface area (Å²) in [5.74, 6) is 4.21. The van der Waals surface area contributed by atoms with Crippen molar-refractivity contribution in [2.75, 3.05) is 42.3 Å². The van der Waals surface area contributed by atoms with E-state index in [1.165, 1.54) is 0 Å². The molecule has 0 unspecified atom stereocenters. The molecule has 170 valence electrons. The van der Waals surface area contributed by atoms with Crippen LogP contribution in [0.5, 0.6) is 40.2 Å². The molecule has 1 aliphatic heterocycles. The van der Waals surface area contributed by atoms with Crippen LogP contribution in [0.25, 0.3) is 43.6 Å². The molecule has 33 heavy (non-hydrogen) atoms. The van der Waals surface area contributed by atoms with E-state index in [2.05, 4.69) is 9.97 Å². The number of aromatic amines is 2. The molecule has 0 amide bonds. The van der Waals surface area contributed by atoms with E-state index < -0.39 is 0 Å². The van der Waals surface area contributed by atoms with Gasteiger partial charge in [0.25, 0.3) is 0 Å². The van der Waals surface area contributed by atoms with E-state index in [0.717, 1.165) is 43.6 Å². The van der Waals surface area contributed by atoms with Crippen molar-refractivity contribution in [1.82, 2.24) is 9.97 Å². The van der Waals surface area contributed by atoms with Gasteiger partial charge in [0.1, 0.15) is 0 Å². The van der Waals surface area contributed by atoms with E-state index in [1.54, 1.807) is 35.5 Å². The average molecular weight is 450 g/mol. The Kier molecular flexibility index (Phi) is 4.10. The molecule has 3 aromatic carbocycles. The lowest BCUT2D eigenvalue weighted by atomic mass is 10.0. The molecular weight excluding hydrogens is 428 g/mol. The molecule has 5 aromatic rings. The summed E-state index contributed by atoms with van der Waals surface area (Å²) in [4.78, 5) is 7.05. The first-order valence-corrected chi connectivity index (χ1v) is 10.3. The SMILES string of the molecule is COc1cc2[nH]c3c4[nH]c5c(OC)c(OC)c(OC)cc5c4c4c(c3c2cc1OC)OCO4. The zero-order chi connectivity index (χ0) is 22.9. The molecule has 9 nitrogen and oxygen atoms in total. The molecule has 0 saturated heterocycles. The zero-order valence-electron chi connectivity index (χ0n) is 18.8. The Balaban J connectivity index is 1.84. The van der Waals surface area contributed by atoms with Crippen LogP contribution in [0, 0.1) is 0 Å². The van der Waals surface area contributed by atoms with Crippen molar-refractivity contribution in [2.24, 2.45) is 0 Å². The van der Waals surface area contributed by atoms with E-state index in [-0.39, 0.29) is 6.79 Å². The maximum absolute atomic E-state index is 5.98.